The Labute approximate surface area is 214 Å². The number of ether oxygens (including phenoxy) is 2. The van der Waals surface area contributed by atoms with Crippen molar-refractivity contribution in [3.63, 3.8) is 0 Å². The van der Waals surface area contributed by atoms with E-state index in [9.17, 15) is 40.7 Å². The van der Waals surface area contributed by atoms with E-state index in [0.717, 1.165) is 4.90 Å². The van der Waals surface area contributed by atoms with Gasteiger partial charge in [-0.05, 0) is 48.4 Å². The number of amides is 2. The van der Waals surface area contributed by atoms with E-state index in [-0.39, 0.29) is 23.8 Å². The highest BCUT2D eigenvalue weighted by molar-refractivity contribution is 5.92. The van der Waals surface area contributed by atoms with Crippen molar-refractivity contribution in [3.05, 3.63) is 64.7 Å². The Kier molecular flexibility index (Phi) is 9.76. The predicted molar refractivity (Wildman–Crippen MR) is 123 cm³/mol. The molecule has 2 aromatic rings. The summed E-state index contributed by atoms with van der Waals surface area (Å²) in [6.45, 7) is 0.863. The summed E-state index contributed by atoms with van der Waals surface area (Å²) in [7, 11) is 3.93. The molecule has 2 amide bonds. The first-order valence-corrected chi connectivity index (χ1v) is 11.1. The van der Waals surface area contributed by atoms with E-state index in [1.807, 2.05) is 0 Å². The van der Waals surface area contributed by atoms with Gasteiger partial charge in [0.15, 0.2) is 0 Å². The molecule has 0 heterocycles. The maximum absolute atomic E-state index is 13.1. The van der Waals surface area contributed by atoms with E-state index < -0.39 is 59.8 Å². The zero-order chi connectivity index (χ0) is 28.8. The fraction of sp³-hybridized carbons (Fsp3) is 0.400. The second-order valence-electron chi connectivity index (χ2n) is 8.35. The number of methoxy groups -OCH3 is 1. The molecule has 7 nitrogen and oxygen atoms in total. The van der Waals surface area contributed by atoms with Gasteiger partial charge in [-0.2, -0.15) is 26.3 Å². The first-order valence-electron chi connectivity index (χ1n) is 11.1. The van der Waals surface area contributed by atoms with Crippen LogP contribution in [0.25, 0.3) is 0 Å². The van der Waals surface area contributed by atoms with Gasteiger partial charge in [0.1, 0.15) is 18.4 Å². The van der Waals surface area contributed by atoms with E-state index in [1.165, 1.54) is 52.4 Å². The molecule has 2 atom stereocenters. The summed E-state index contributed by atoms with van der Waals surface area (Å²) in [5.74, 6) is -2.57. The van der Waals surface area contributed by atoms with Crippen LogP contribution in [0.4, 0.5) is 26.3 Å². The molecule has 0 radical (unpaired) electrons. The number of likely N-dealkylation sites (N-methyl/N-ethyl adjacent to an activating group) is 1. The van der Waals surface area contributed by atoms with E-state index in [1.54, 1.807) is 0 Å². The zero-order valence-electron chi connectivity index (χ0n) is 20.9. The van der Waals surface area contributed by atoms with Gasteiger partial charge in [-0.3, -0.25) is 9.59 Å². The molecule has 0 aliphatic carbocycles. The molecule has 0 fully saturated rings. The Morgan fingerprint density at radius 1 is 0.947 bits per heavy atom. The lowest BCUT2D eigenvalue weighted by atomic mass is 9.93. The molecule has 0 saturated carbocycles. The molecule has 13 heteroatoms. The SMILES string of the molecule is CNC(=O)CC(C(=O)N(C)C(C)C(=O)OC)c1ccc(OCc2cc(C(F)(F)F)cc(C(F)(F)F)c2)cc1. The highest BCUT2D eigenvalue weighted by Crippen LogP contribution is 2.36. The van der Waals surface area contributed by atoms with Crippen molar-refractivity contribution in [2.24, 2.45) is 0 Å². The van der Waals surface area contributed by atoms with Crippen molar-refractivity contribution >= 4 is 17.8 Å². The number of carbonyl (C=O) groups is 3. The van der Waals surface area contributed by atoms with Crippen LogP contribution >= 0.6 is 0 Å². The van der Waals surface area contributed by atoms with Gasteiger partial charge in [0.2, 0.25) is 11.8 Å². The van der Waals surface area contributed by atoms with Crippen molar-refractivity contribution in [2.75, 3.05) is 21.2 Å². The van der Waals surface area contributed by atoms with Crippen molar-refractivity contribution < 1.29 is 50.2 Å². The Morgan fingerprint density at radius 3 is 1.92 bits per heavy atom. The van der Waals surface area contributed by atoms with Gasteiger partial charge in [0.25, 0.3) is 0 Å². The summed E-state index contributed by atoms with van der Waals surface area (Å²) in [6.07, 6.45) is -10.2. The van der Waals surface area contributed by atoms with E-state index in [0.29, 0.717) is 17.7 Å². The van der Waals surface area contributed by atoms with Crippen LogP contribution in [0.15, 0.2) is 42.5 Å². The van der Waals surface area contributed by atoms with Gasteiger partial charge in [-0.25, -0.2) is 4.79 Å². The first-order chi connectivity index (χ1) is 17.6. The molecule has 0 aromatic heterocycles. The lowest BCUT2D eigenvalue weighted by Gasteiger charge is -2.27. The summed E-state index contributed by atoms with van der Waals surface area (Å²) in [4.78, 5) is 38.1. The summed E-state index contributed by atoms with van der Waals surface area (Å²) in [6, 6.07) is 5.83. The van der Waals surface area contributed by atoms with Gasteiger partial charge in [0, 0.05) is 20.5 Å². The summed E-state index contributed by atoms with van der Waals surface area (Å²) in [5, 5.41) is 2.42. The Morgan fingerprint density at radius 2 is 1.47 bits per heavy atom. The maximum atomic E-state index is 13.1. The molecule has 0 aliphatic rings. The summed E-state index contributed by atoms with van der Waals surface area (Å²) < 4.78 is 88.5. The minimum atomic E-state index is -4.98. The average molecular weight is 548 g/mol. The molecule has 208 valence electrons. The zero-order valence-corrected chi connectivity index (χ0v) is 20.9. The number of halogens is 6. The van der Waals surface area contributed by atoms with Gasteiger partial charge in [-0.1, -0.05) is 12.1 Å². The van der Waals surface area contributed by atoms with Gasteiger partial charge >= 0.3 is 18.3 Å². The fourth-order valence-electron chi connectivity index (χ4n) is 3.47. The number of hydrogen-bond acceptors (Lipinski definition) is 5. The number of esters is 1. The van der Waals surface area contributed by atoms with Gasteiger partial charge < -0.3 is 19.7 Å². The number of rotatable bonds is 9. The van der Waals surface area contributed by atoms with Crippen LogP contribution in [-0.4, -0.2) is 49.9 Å². The van der Waals surface area contributed by atoms with Crippen molar-refractivity contribution in [1.29, 1.82) is 0 Å². The second-order valence-corrected chi connectivity index (χ2v) is 8.35. The maximum Gasteiger partial charge on any atom is 0.416 e. The fourth-order valence-corrected chi connectivity index (χ4v) is 3.47. The normalized spacial score (nSPS) is 13.3. The number of hydrogen-bond donors (Lipinski definition) is 1. The number of benzene rings is 2. The monoisotopic (exact) mass is 548 g/mol. The number of nitrogens with one attached hydrogen (secondary N) is 1. The summed E-state index contributed by atoms with van der Waals surface area (Å²) in [5.41, 5.74) is -2.89. The molecule has 1 N–H and O–H groups in total. The van der Waals surface area contributed by atoms with Gasteiger partial charge in [-0.15, -0.1) is 0 Å². The quantitative estimate of drug-likeness (QED) is 0.368. The van der Waals surface area contributed by atoms with Gasteiger partial charge in [0.05, 0.1) is 24.2 Å². The van der Waals surface area contributed by atoms with Crippen molar-refractivity contribution in [3.8, 4) is 5.75 Å². The third-order valence-corrected chi connectivity index (χ3v) is 5.77. The average Bonchev–Trinajstić information content (AvgIpc) is 2.87. The molecule has 0 aliphatic heterocycles. The highest BCUT2D eigenvalue weighted by atomic mass is 19.4. The lowest BCUT2D eigenvalue weighted by molar-refractivity contribution is -0.151. The van der Waals surface area contributed by atoms with Crippen LogP contribution < -0.4 is 10.1 Å². The van der Waals surface area contributed by atoms with E-state index >= 15 is 0 Å². The summed E-state index contributed by atoms with van der Waals surface area (Å²) >= 11 is 0. The Hall–Kier alpha value is -3.77. The molecule has 0 saturated heterocycles. The largest absolute Gasteiger partial charge is 0.489 e. The molecule has 2 aromatic carbocycles. The topological polar surface area (TPSA) is 84.9 Å². The van der Waals surface area contributed by atoms with Crippen molar-refractivity contribution in [1.82, 2.24) is 10.2 Å². The molecule has 0 bridgehead atoms. The molecule has 38 heavy (non-hydrogen) atoms. The van der Waals surface area contributed by atoms with Crippen LogP contribution in [-0.2, 0) is 38.1 Å². The first kappa shape index (κ1) is 30.5. The van der Waals surface area contributed by atoms with Crippen LogP contribution in [0.2, 0.25) is 0 Å². The van der Waals surface area contributed by atoms with Crippen molar-refractivity contribution in [2.45, 2.75) is 44.3 Å². The third-order valence-electron chi connectivity index (χ3n) is 5.77. The standard InChI is InChI=1S/C25H26F6N2O5/c1-14(23(36)37-4)33(3)22(35)20(12-21(34)32-2)16-5-7-19(8-6-16)38-13-15-9-17(24(26,27)28)11-18(10-15)25(29,30)31/h5-11,14,20H,12-13H2,1-4H3,(H,32,34). The van der Waals surface area contributed by atoms with Crippen LogP contribution in [0.1, 0.15) is 41.5 Å². The third kappa shape index (κ3) is 7.86. The minimum Gasteiger partial charge on any atom is -0.489 e. The highest BCUT2D eigenvalue weighted by Gasteiger charge is 2.37. The number of nitrogens with zero attached hydrogens (tertiary/aromatic N) is 1. The predicted octanol–water partition coefficient (Wildman–Crippen LogP) is 4.54. The smallest absolute Gasteiger partial charge is 0.416 e. The molecule has 2 unspecified atom stereocenters. The van der Waals surface area contributed by atoms with E-state index in [2.05, 4.69) is 10.1 Å². The second kappa shape index (κ2) is 12.2. The molecule has 0 spiro atoms. The minimum absolute atomic E-state index is 0.0278. The van der Waals surface area contributed by atoms with Crippen LogP contribution in [0.5, 0.6) is 5.75 Å². The molecular formula is C25H26F6N2O5. The van der Waals surface area contributed by atoms with Crippen LogP contribution in [0.3, 0.4) is 0 Å². The van der Waals surface area contributed by atoms with E-state index in [4.69, 9.17) is 4.74 Å². The molecule has 2 rings (SSSR count). The number of carbonyl (C=O) groups excluding carboxylic acids is 3. The lowest BCUT2D eigenvalue weighted by Crippen LogP contribution is -2.44. The Bertz CT molecular complexity index is 1120. The number of alkyl halides is 6. The molecular weight excluding hydrogens is 522 g/mol. The van der Waals surface area contributed by atoms with Crippen LogP contribution in [0, 0.1) is 0 Å². The Balaban J connectivity index is 2.27.